The first-order valence-electron chi connectivity index (χ1n) is 6.91. The molecule has 130 valence electrons. The van der Waals surface area contributed by atoms with Crippen molar-refractivity contribution in [1.29, 1.82) is 0 Å². The van der Waals surface area contributed by atoms with Gasteiger partial charge in [-0.15, -0.1) is 10.2 Å². The van der Waals surface area contributed by atoms with Crippen LogP contribution in [0.1, 0.15) is 24.8 Å². The molecule has 24 heavy (non-hydrogen) atoms. The summed E-state index contributed by atoms with van der Waals surface area (Å²) >= 11 is 6.81. The van der Waals surface area contributed by atoms with Gasteiger partial charge < -0.3 is 9.73 Å². The molecule has 1 amide bonds. The number of halogens is 4. The van der Waals surface area contributed by atoms with Gasteiger partial charge in [-0.25, -0.2) is 0 Å². The van der Waals surface area contributed by atoms with Gasteiger partial charge in [0.05, 0.1) is 22.0 Å². The monoisotopic (exact) mass is 379 g/mol. The number of nitrogens with zero attached hydrogens (tertiary/aromatic N) is 2. The Bertz CT molecular complexity index is 722. The van der Waals surface area contributed by atoms with Crippen molar-refractivity contribution in [1.82, 2.24) is 10.2 Å². The standard InChI is InChI=1S/C14H13ClF3N3O2S/c1-2-3-12-20-21-13(23-12)24-7-11(22)19-10-6-8(14(16,17)18)4-5-9(10)15/h4-6H,2-3,7H2,1H3,(H,19,22). The second kappa shape index (κ2) is 7.89. The number of aromatic nitrogens is 2. The average Bonchev–Trinajstić information content (AvgIpc) is 2.94. The van der Waals surface area contributed by atoms with Gasteiger partial charge in [-0.2, -0.15) is 13.2 Å². The molecular weight excluding hydrogens is 367 g/mol. The molecule has 0 spiro atoms. The molecule has 0 aliphatic rings. The van der Waals surface area contributed by atoms with E-state index in [-0.39, 0.29) is 21.7 Å². The lowest BCUT2D eigenvalue weighted by atomic mass is 10.2. The van der Waals surface area contributed by atoms with Gasteiger partial charge in [0, 0.05) is 6.42 Å². The predicted octanol–water partition coefficient (Wildman–Crippen LogP) is 4.43. The average molecular weight is 380 g/mol. The number of aryl methyl sites for hydroxylation is 1. The molecule has 0 fully saturated rings. The van der Waals surface area contributed by atoms with Crippen molar-refractivity contribution in [2.75, 3.05) is 11.1 Å². The molecule has 0 saturated carbocycles. The summed E-state index contributed by atoms with van der Waals surface area (Å²) in [6.45, 7) is 1.96. The van der Waals surface area contributed by atoms with Gasteiger partial charge >= 0.3 is 6.18 Å². The number of hydrogen-bond donors (Lipinski definition) is 1. The molecule has 0 aliphatic heterocycles. The number of carbonyl (C=O) groups is 1. The van der Waals surface area contributed by atoms with E-state index in [2.05, 4.69) is 15.5 Å². The number of rotatable bonds is 6. The van der Waals surface area contributed by atoms with Gasteiger partial charge in [0.25, 0.3) is 5.22 Å². The fourth-order valence-electron chi connectivity index (χ4n) is 1.72. The molecule has 1 aromatic carbocycles. The molecule has 1 heterocycles. The third-order valence-electron chi connectivity index (χ3n) is 2.81. The molecule has 5 nitrogen and oxygen atoms in total. The molecule has 10 heteroatoms. The summed E-state index contributed by atoms with van der Waals surface area (Å²) in [5, 5.41) is 10.2. The lowest BCUT2D eigenvalue weighted by molar-refractivity contribution is -0.137. The molecule has 1 aromatic heterocycles. The van der Waals surface area contributed by atoms with E-state index in [4.69, 9.17) is 16.0 Å². The number of anilines is 1. The molecule has 0 saturated heterocycles. The SMILES string of the molecule is CCCc1nnc(SCC(=O)Nc2cc(C(F)(F)F)ccc2Cl)o1. The van der Waals surface area contributed by atoms with Crippen LogP contribution in [-0.2, 0) is 17.4 Å². The quantitative estimate of drug-likeness (QED) is 0.752. The number of amides is 1. The second-order valence-electron chi connectivity index (χ2n) is 4.74. The van der Waals surface area contributed by atoms with Gasteiger partial charge in [0.1, 0.15) is 0 Å². The van der Waals surface area contributed by atoms with E-state index in [0.29, 0.717) is 12.3 Å². The van der Waals surface area contributed by atoms with Crippen LogP contribution in [-0.4, -0.2) is 21.9 Å². The van der Waals surface area contributed by atoms with Crippen LogP contribution in [0.25, 0.3) is 0 Å². The number of benzene rings is 1. The van der Waals surface area contributed by atoms with Gasteiger partial charge in [-0.3, -0.25) is 4.79 Å². The largest absolute Gasteiger partial charge is 0.416 e. The summed E-state index contributed by atoms with van der Waals surface area (Å²) in [6.07, 6.45) is -3.03. The van der Waals surface area contributed by atoms with Crippen LogP contribution in [0.4, 0.5) is 18.9 Å². The van der Waals surface area contributed by atoms with E-state index in [0.717, 1.165) is 36.4 Å². The Kier molecular flexibility index (Phi) is 6.11. The van der Waals surface area contributed by atoms with Crippen LogP contribution in [0, 0.1) is 0 Å². The minimum absolute atomic E-state index is 0.0179. The first-order chi connectivity index (χ1) is 11.3. The highest BCUT2D eigenvalue weighted by molar-refractivity contribution is 7.99. The molecule has 0 radical (unpaired) electrons. The maximum atomic E-state index is 12.7. The molecule has 2 aromatic rings. The van der Waals surface area contributed by atoms with Crippen molar-refractivity contribution in [2.45, 2.75) is 31.2 Å². The zero-order valence-corrected chi connectivity index (χ0v) is 14.1. The van der Waals surface area contributed by atoms with E-state index >= 15 is 0 Å². The van der Waals surface area contributed by atoms with Gasteiger partial charge in [-0.1, -0.05) is 30.3 Å². The van der Waals surface area contributed by atoms with Crippen LogP contribution < -0.4 is 5.32 Å². The second-order valence-corrected chi connectivity index (χ2v) is 6.07. The van der Waals surface area contributed by atoms with E-state index < -0.39 is 17.6 Å². The Hall–Kier alpha value is -1.74. The van der Waals surface area contributed by atoms with Crippen molar-refractivity contribution < 1.29 is 22.4 Å². The van der Waals surface area contributed by atoms with Crippen LogP contribution in [0.5, 0.6) is 0 Å². The molecule has 0 unspecified atom stereocenters. The van der Waals surface area contributed by atoms with Crippen molar-refractivity contribution >= 4 is 35.0 Å². The van der Waals surface area contributed by atoms with Crippen molar-refractivity contribution in [3.05, 3.63) is 34.7 Å². The summed E-state index contributed by atoms with van der Waals surface area (Å²) < 4.78 is 43.4. The third kappa shape index (κ3) is 5.13. The first kappa shape index (κ1) is 18.6. The van der Waals surface area contributed by atoms with Gasteiger partial charge in [0.2, 0.25) is 11.8 Å². The van der Waals surface area contributed by atoms with Crippen LogP contribution in [0.15, 0.2) is 27.8 Å². The number of carbonyl (C=O) groups excluding carboxylic acids is 1. The Labute approximate surface area is 145 Å². The summed E-state index contributed by atoms with van der Waals surface area (Å²) in [5.41, 5.74) is -0.995. The molecule has 0 atom stereocenters. The van der Waals surface area contributed by atoms with E-state index in [1.807, 2.05) is 6.92 Å². The number of nitrogens with one attached hydrogen (secondary N) is 1. The zero-order chi connectivity index (χ0) is 17.7. The highest BCUT2D eigenvalue weighted by Gasteiger charge is 2.31. The van der Waals surface area contributed by atoms with Crippen LogP contribution >= 0.6 is 23.4 Å². The normalized spacial score (nSPS) is 11.5. The van der Waals surface area contributed by atoms with E-state index in [1.165, 1.54) is 0 Å². The van der Waals surface area contributed by atoms with E-state index in [1.54, 1.807) is 0 Å². The smallest absolute Gasteiger partial charge is 0.416 e. The van der Waals surface area contributed by atoms with Crippen LogP contribution in [0.3, 0.4) is 0 Å². The van der Waals surface area contributed by atoms with Crippen molar-refractivity contribution in [2.24, 2.45) is 0 Å². The number of hydrogen-bond acceptors (Lipinski definition) is 5. The summed E-state index contributed by atoms with van der Waals surface area (Å²) in [6, 6.07) is 2.72. The third-order valence-corrected chi connectivity index (χ3v) is 3.95. The first-order valence-corrected chi connectivity index (χ1v) is 8.27. The molecule has 0 bridgehead atoms. The minimum Gasteiger partial charge on any atom is -0.416 e. The maximum Gasteiger partial charge on any atom is 0.416 e. The zero-order valence-electron chi connectivity index (χ0n) is 12.5. The fraction of sp³-hybridized carbons (Fsp3) is 0.357. The van der Waals surface area contributed by atoms with Crippen molar-refractivity contribution in [3.8, 4) is 0 Å². The highest BCUT2D eigenvalue weighted by atomic mass is 35.5. The Morgan fingerprint density at radius 1 is 1.38 bits per heavy atom. The maximum absolute atomic E-state index is 12.7. The van der Waals surface area contributed by atoms with E-state index in [9.17, 15) is 18.0 Å². The summed E-state index contributed by atoms with van der Waals surface area (Å²) in [4.78, 5) is 11.9. The van der Waals surface area contributed by atoms with Crippen molar-refractivity contribution in [3.63, 3.8) is 0 Å². The van der Waals surface area contributed by atoms with Gasteiger partial charge in [-0.05, 0) is 24.6 Å². The summed E-state index contributed by atoms with van der Waals surface area (Å²) in [5.74, 6) is -0.154. The molecule has 2 rings (SSSR count). The highest BCUT2D eigenvalue weighted by Crippen LogP contribution is 2.33. The topological polar surface area (TPSA) is 68.0 Å². The summed E-state index contributed by atoms with van der Waals surface area (Å²) in [7, 11) is 0. The number of alkyl halides is 3. The predicted molar refractivity (Wildman–Crippen MR) is 84.1 cm³/mol. The Morgan fingerprint density at radius 2 is 2.12 bits per heavy atom. The molecule has 0 aliphatic carbocycles. The Morgan fingerprint density at radius 3 is 2.79 bits per heavy atom. The molecule has 1 N–H and O–H groups in total. The molecular formula is C14H13ClF3N3O2S. The number of thioether (sulfide) groups is 1. The minimum atomic E-state index is -4.52. The fourth-order valence-corrected chi connectivity index (χ4v) is 2.47. The van der Waals surface area contributed by atoms with Gasteiger partial charge in [0.15, 0.2) is 0 Å². The van der Waals surface area contributed by atoms with Crippen LogP contribution in [0.2, 0.25) is 5.02 Å². The Balaban J connectivity index is 1.96. The lowest BCUT2D eigenvalue weighted by Gasteiger charge is -2.11. The lowest BCUT2D eigenvalue weighted by Crippen LogP contribution is -2.15.